The minimum Gasteiger partial charge on any atom is -0.495 e. The molecule has 0 aliphatic carbocycles. The average molecular weight is 666 g/mol. The van der Waals surface area contributed by atoms with Gasteiger partial charge in [-0.15, -0.1) is 0 Å². The number of hydrogen-bond donors (Lipinski definition) is 3. The maximum atomic E-state index is 13.9. The van der Waals surface area contributed by atoms with E-state index < -0.39 is 59.8 Å². The van der Waals surface area contributed by atoms with Crippen molar-refractivity contribution in [2.45, 2.75) is 95.7 Å². The molecule has 12 nitrogen and oxygen atoms in total. The van der Waals surface area contributed by atoms with Gasteiger partial charge in [-0.25, -0.2) is 4.79 Å². The second kappa shape index (κ2) is 15.2. The molecular weight excluding hydrogens is 618 g/mol. The summed E-state index contributed by atoms with van der Waals surface area (Å²) in [5.74, 6) is -0.968. The Balaban J connectivity index is 1.88. The third-order valence-electron chi connectivity index (χ3n) is 9.03. The Morgan fingerprint density at radius 3 is 2.57 bits per heavy atom. The molecule has 2 fully saturated rings. The Bertz CT molecular complexity index is 1340. The SMILES string of the molecule is C=C/C=C(\C)Cc1cc(OC)c(Cl)c(N(C)C(=O)C[C@H](OC(=O)[C@H](C)NC)[C@]2(C)OC2[C@H](C)[C@@H]2C[C@](O)([C@@H](C)OC)NC(=O)O2)c1. The third-order valence-corrected chi connectivity index (χ3v) is 9.41. The van der Waals surface area contributed by atoms with Gasteiger partial charge in [0.2, 0.25) is 5.91 Å². The molecule has 13 heteroatoms. The minimum absolute atomic E-state index is 0.0336. The second-order valence-electron chi connectivity index (χ2n) is 12.3. The number of hydrogen-bond acceptors (Lipinski definition) is 10. The van der Waals surface area contributed by atoms with Crippen LogP contribution in [0.15, 0.2) is 36.4 Å². The molecule has 3 rings (SSSR count). The molecule has 46 heavy (non-hydrogen) atoms. The fraction of sp³-hybridized carbons (Fsp3) is 0.606. The highest BCUT2D eigenvalue weighted by Crippen LogP contribution is 2.49. The van der Waals surface area contributed by atoms with Crippen LogP contribution in [0, 0.1) is 5.92 Å². The topological polar surface area (TPSA) is 148 Å². The number of epoxide rings is 1. The minimum atomic E-state index is -1.66. The standard InChI is InChI=1S/C33H48ClN3O9/c1-11-12-18(2)13-22-14-23(28(34)24(15-22)43-10)37(8)27(38)16-26(45-30(39)20(4)35-7)32(6)29(46-32)19(3)25-17-33(41,21(5)42-9)36-31(40)44-25/h11-12,14-15,19-21,25-26,29,35,41H,1,13,16-17H2,2-10H3,(H,36,40)/b18-12+/t19-,20+,21-,25+,26+,29?,32+,33+/m1/s1. The monoisotopic (exact) mass is 665 g/mol. The van der Waals surface area contributed by atoms with Crippen LogP contribution >= 0.6 is 11.6 Å². The number of carbonyl (C=O) groups excluding carboxylic acids is 3. The number of ether oxygens (including phenoxy) is 5. The third kappa shape index (κ3) is 8.21. The summed E-state index contributed by atoms with van der Waals surface area (Å²) in [6.45, 7) is 12.6. The molecule has 2 aliphatic heterocycles. The Hall–Kier alpha value is -3.16. The van der Waals surface area contributed by atoms with Crippen molar-refractivity contribution in [3.63, 3.8) is 0 Å². The summed E-state index contributed by atoms with van der Waals surface area (Å²) in [6.07, 6.45) is 0.175. The number of anilines is 1. The van der Waals surface area contributed by atoms with Crippen molar-refractivity contribution in [2.24, 2.45) is 5.92 Å². The Labute approximate surface area is 276 Å². The van der Waals surface area contributed by atoms with E-state index in [-0.39, 0.29) is 23.8 Å². The van der Waals surface area contributed by atoms with Crippen molar-refractivity contribution in [1.82, 2.24) is 10.6 Å². The van der Waals surface area contributed by atoms with E-state index in [9.17, 15) is 19.5 Å². The molecule has 0 radical (unpaired) electrons. The summed E-state index contributed by atoms with van der Waals surface area (Å²) in [5.41, 5.74) is -0.393. The van der Waals surface area contributed by atoms with Crippen molar-refractivity contribution in [1.29, 1.82) is 0 Å². The van der Waals surface area contributed by atoms with Gasteiger partial charge in [0, 0.05) is 26.5 Å². The van der Waals surface area contributed by atoms with Crippen molar-refractivity contribution in [3.05, 3.63) is 47.0 Å². The van der Waals surface area contributed by atoms with Crippen LogP contribution in [-0.4, -0.2) is 93.2 Å². The number of esters is 1. The fourth-order valence-corrected chi connectivity index (χ4v) is 6.00. The Kier molecular flexibility index (Phi) is 12.3. The van der Waals surface area contributed by atoms with Gasteiger partial charge in [-0.05, 0) is 58.9 Å². The lowest BCUT2D eigenvalue weighted by molar-refractivity contribution is -0.155. The molecule has 2 saturated heterocycles. The van der Waals surface area contributed by atoms with Gasteiger partial charge in [-0.2, -0.15) is 0 Å². The number of likely N-dealkylation sites (N-methyl/N-ethyl adjacent to an activating group) is 1. The lowest BCUT2D eigenvalue weighted by Crippen LogP contribution is -2.63. The summed E-state index contributed by atoms with van der Waals surface area (Å²) < 4.78 is 28.4. The smallest absolute Gasteiger partial charge is 0.409 e. The van der Waals surface area contributed by atoms with E-state index in [1.54, 1.807) is 40.9 Å². The molecular formula is C33H48ClN3O9. The number of benzene rings is 1. The zero-order chi connectivity index (χ0) is 34.6. The molecule has 0 bridgehead atoms. The normalized spacial score (nSPS) is 26.9. The number of allylic oxidation sites excluding steroid dienone is 3. The van der Waals surface area contributed by atoms with E-state index in [1.807, 2.05) is 32.1 Å². The molecule has 1 unspecified atom stereocenters. The lowest BCUT2D eigenvalue weighted by Gasteiger charge is -2.41. The molecule has 256 valence electrons. The number of nitrogens with zero attached hydrogens (tertiary/aromatic N) is 1. The maximum absolute atomic E-state index is 13.9. The van der Waals surface area contributed by atoms with Crippen LogP contribution in [0.2, 0.25) is 5.02 Å². The molecule has 0 saturated carbocycles. The average Bonchev–Trinajstić information content (AvgIpc) is 3.71. The van der Waals surface area contributed by atoms with E-state index in [0.29, 0.717) is 17.9 Å². The largest absolute Gasteiger partial charge is 0.495 e. The van der Waals surface area contributed by atoms with Crippen LogP contribution in [0.5, 0.6) is 5.75 Å². The van der Waals surface area contributed by atoms with Gasteiger partial charge in [0.1, 0.15) is 40.7 Å². The van der Waals surface area contributed by atoms with Crippen LogP contribution in [0.4, 0.5) is 10.5 Å². The van der Waals surface area contributed by atoms with E-state index in [0.717, 1.165) is 11.1 Å². The number of halogens is 1. The van der Waals surface area contributed by atoms with Crippen LogP contribution in [0.1, 0.15) is 53.0 Å². The summed E-state index contributed by atoms with van der Waals surface area (Å²) in [7, 11) is 6.16. The van der Waals surface area contributed by atoms with Gasteiger partial charge in [-0.3, -0.25) is 14.9 Å². The first-order valence-corrected chi connectivity index (χ1v) is 15.6. The van der Waals surface area contributed by atoms with Crippen LogP contribution in [0.25, 0.3) is 0 Å². The zero-order valence-electron chi connectivity index (χ0n) is 28.1. The second-order valence-corrected chi connectivity index (χ2v) is 12.7. The summed E-state index contributed by atoms with van der Waals surface area (Å²) in [5, 5.41) is 16.6. The number of cyclic esters (lactones) is 1. The van der Waals surface area contributed by atoms with E-state index in [4.69, 9.17) is 35.3 Å². The van der Waals surface area contributed by atoms with Gasteiger partial charge in [0.05, 0.1) is 25.3 Å². The Morgan fingerprint density at radius 1 is 1.30 bits per heavy atom. The van der Waals surface area contributed by atoms with Crippen LogP contribution in [0.3, 0.4) is 0 Å². The van der Waals surface area contributed by atoms with Gasteiger partial charge < -0.3 is 39.0 Å². The molecule has 1 aromatic rings. The van der Waals surface area contributed by atoms with Gasteiger partial charge in [0.25, 0.3) is 0 Å². The van der Waals surface area contributed by atoms with Crippen LogP contribution in [-0.2, 0) is 35.0 Å². The Morgan fingerprint density at radius 2 is 1.98 bits per heavy atom. The molecule has 2 heterocycles. The van der Waals surface area contributed by atoms with E-state index in [1.165, 1.54) is 19.1 Å². The highest BCUT2D eigenvalue weighted by atomic mass is 35.5. The van der Waals surface area contributed by atoms with E-state index in [2.05, 4.69) is 17.2 Å². The molecule has 2 aliphatic rings. The zero-order valence-corrected chi connectivity index (χ0v) is 28.9. The first-order valence-electron chi connectivity index (χ1n) is 15.3. The number of rotatable bonds is 15. The van der Waals surface area contributed by atoms with Crippen molar-refractivity contribution in [3.8, 4) is 5.75 Å². The fourth-order valence-electron chi connectivity index (χ4n) is 5.69. The number of aliphatic hydroxyl groups is 1. The van der Waals surface area contributed by atoms with Gasteiger partial charge in [0.15, 0.2) is 5.72 Å². The maximum Gasteiger partial charge on any atom is 0.409 e. The number of alkyl carbamates (subject to hydrolysis) is 1. The predicted octanol–water partition coefficient (Wildman–Crippen LogP) is 3.91. The van der Waals surface area contributed by atoms with E-state index >= 15 is 0 Å². The van der Waals surface area contributed by atoms with Crippen molar-refractivity contribution >= 4 is 35.3 Å². The first kappa shape index (κ1) is 37.3. The first-order chi connectivity index (χ1) is 21.5. The number of carbonyl (C=O) groups is 3. The quantitative estimate of drug-likeness (QED) is 0.143. The lowest BCUT2D eigenvalue weighted by atomic mass is 9.84. The number of amides is 2. The molecule has 3 N–H and O–H groups in total. The molecule has 0 aromatic heterocycles. The summed E-state index contributed by atoms with van der Waals surface area (Å²) >= 11 is 6.68. The van der Waals surface area contributed by atoms with Gasteiger partial charge >= 0.3 is 12.1 Å². The van der Waals surface area contributed by atoms with Crippen LogP contribution < -0.4 is 20.3 Å². The molecule has 0 spiro atoms. The highest BCUT2D eigenvalue weighted by molar-refractivity contribution is 6.35. The van der Waals surface area contributed by atoms with Crippen molar-refractivity contribution < 1.29 is 43.2 Å². The highest BCUT2D eigenvalue weighted by Gasteiger charge is 2.64. The summed E-state index contributed by atoms with van der Waals surface area (Å²) in [6, 6.07) is 2.99. The summed E-state index contributed by atoms with van der Waals surface area (Å²) in [4.78, 5) is 40.7. The van der Waals surface area contributed by atoms with Gasteiger partial charge in [-0.1, -0.05) is 42.8 Å². The molecule has 2 amide bonds. The van der Waals surface area contributed by atoms with Crippen molar-refractivity contribution in [2.75, 3.05) is 33.2 Å². The predicted molar refractivity (Wildman–Crippen MR) is 174 cm³/mol. The number of methoxy groups -OCH3 is 2. The molecule has 8 atom stereocenters. The molecule has 1 aromatic carbocycles. The number of nitrogens with one attached hydrogen (secondary N) is 2.